The van der Waals surface area contributed by atoms with Crippen molar-refractivity contribution in [2.24, 2.45) is 0 Å². The molecule has 0 fully saturated rings. The smallest absolute Gasteiger partial charge is 0.375 e. The fourth-order valence-corrected chi connectivity index (χ4v) is 5.09. The second-order valence-corrected chi connectivity index (χ2v) is 10.5. The van der Waals surface area contributed by atoms with Crippen LogP contribution < -0.4 is 4.31 Å². The Bertz CT molecular complexity index is 1340. The van der Waals surface area contributed by atoms with Crippen LogP contribution in [0.15, 0.2) is 46.9 Å². The first-order chi connectivity index (χ1) is 16.2. The van der Waals surface area contributed by atoms with Crippen LogP contribution in [0.3, 0.4) is 0 Å². The fraction of sp³-hybridized carbons (Fsp3) is 0.360. The number of para-hydroxylation sites is 1. The molecule has 2 heterocycles. The van der Waals surface area contributed by atoms with Crippen molar-refractivity contribution in [3.63, 3.8) is 0 Å². The zero-order valence-electron chi connectivity index (χ0n) is 19.4. The summed E-state index contributed by atoms with van der Waals surface area (Å²) in [5.74, 6) is -1.10. The van der Waals surface area contributed by atoms with Gasteiger partial charge in [-0.15, -0.1) is 0 Å². The molecule has 3 aromatic rings. The third-order valence-electron chi connectivity index (χ3n) is 5.73. The van der Waals surface area contributed by atoms with Crippen molar-refractivity contribution in [2.75, 3.05) is 23.2 Å². The lowest BCUT2D eigenvalue weighted by molar-refractivity contribution is 0.0423. The number of benzene rings is 2. The van der Waals surface area contributed by atoms with Gasteiger partial charge in [0.05, 0.1) is 24.2 Å². The molecule has 0 radical (unpaired) electrons. The number of Topliss-reactive ketones (excluding diaryl/α,β-unsaturated/α-hetero) is 1. The van der Waals surface area contributed by atoms with E-state index in [1.807, 2.05) is 26.0 Å². The van der Waals surface area contributed by atoms with Crippen LogP contribution in [0.25, 0.3) is 11.0 Å². The lowest BCUT2D eigenvalue weighted by Crippen LogP contribution is -2.30. The minimum Gasteiger partial charge on any atom is -0.451 e. The number of hydrogen-bond acceptors (Lipinski definition) is 7. The molecule has 9 heteroatoms. The van der Waals surface area contributed by atoms with Gasteiger partial charge in [0.25, 0.3) is 0 Å². The quantitative estimate of drug-likeness (QED) is 0.332. The highest BCUT2D eigenvalue weighted by molar-refractivity contribution is 7.92. The Morgan fingerprint density at radius 3 is 2.65 bits per heavy atom. The van der Waals surface area contributed by atoms with Gasteiger partial charge >= 0.3 is 5.97 Å². The number of fused-ring (bicyclic) bond motifs is 2. The number of nitrogens with zero attached hydrogens (tertiary/aromatic N) is 1. The van der Waals surface area contributed by atoms with Gasteiger partial charge < -0.3 is 13.9 Å². The minimum absolute atomic E-state index is 0.00899. The Hall–Kier alpha value is -3.17. The Labute approximate surface area is 198 Å². The van der Waals surface area contributed by atoms with Crippen LogP contribution in [0.5, 0.6) is 0 Å². The SMILES string of the molecule is CCS(=O)(=O)N1CCc2cc(C(=O)COC(=O)c3oc4ccccc4c3COC(C)C)ccc21. The maximum Gasteiger partial charge on any atom is 0.375 e. The summed E-state index contributed by atoms with van der Waals surface area (Å²) in [6.45, 7) is 5.46. The number of rotatable bonds is 9. The van der Waals surface area contributed by atoms with Crippen molar-refractivity contribution in [1.82, 2.24) is 0 Å². The standard InChI is InChI=1S/C25H27NO7S/c1-4-34(29,30)26-12-11-17-13-18(9-10-21(17)26)22(27)15-32-25(28)24-20(14-31-16(2)3)19-7-5-6-8-23(19)33-24/h5-10,13,16H,4,11-12,14-15H2,1-3H3. The average Bonchev–Trinajstić information content (AvgIpc) is 3.42. The van der Waals surface area contributed by atoms with Crippen LogP contribution in [-0.2, 0) is 32.5 Å². The number of ketones is 1. The molecular formula is C25H27NO7S. The first kappa shape index (κ1) is 24.0. The van der Waals surface area contributed by atoms with E-state index in [0.29, 0.717) is 35.4 Å². The first-order valence-corrected chi connectivity index (χ1v) is 12.8. The summed E-state index contributed by atoms with van der Waals surface area (Å²) in [6, 6.07) is 12.1. The molecular weight excluding hydrogens is 458 g/mol. The van der Waals surface area contributed by atoms with E-state index in [1.165, 1.54) is 4.31 Å². The van der Waals surface area contributed by atoms with Gasteiger partial charge in [-0.3, -0.25) is 9.10 Å². The van der Waals surface area contributed by atoms with Crippen LogP contribution in [0.4, 0.5) is 5.69 Å². The number of ether oxygens (including phenoxy) is 2. The molecule has 1 aliphatic heterocycles. The van der Waals surface area contributed by atoms with Crippen molar-refractivity contribution in [3.05, 3.63) is 64.9 Å². The molecule has 1 aromatic heterocycles. The number of carbonyl (C=O) groups is 2. The molecule has 0 bridgehead atoms. The van der Waals surface area contributed by atoms with Gasteiger partial charge in [0.2, 0.25) is 15.8 Å². The first-order valence-electron chi connectivity index (χ1n) is 11.2. The van der Waals surface area contributed by atoms with Gasteiger partial charge in [0, 0.05) is 23.1 Å². The molecule has 8 nitrogen and oxygen atoms in total. The summed E-state index contributed by atoms with van der Waals surface area (Å²) in [6.07, 6.45) is 0.482. The molecule has 0 atom stereocenters. The summed E-state index contributed by atoms with van der Waals surface area (Å²) in [4.78, 5) is 25.5. The maximum atomic E-state index is 12.8. The topological polar surface area (TPSA) is 103 Å². The van der Waals surface area contributed by atoms with E-state index in [9.17, 15) is 18.0 Å². The summed E-state index contributed by atoms with van der Waals surface area (Å²) in [5.41, 5.74) is 2.84. The highest BCUT2D eigenvalue weighted by Crippen LogP contribution is 2.32. The number of hydrogen-bond donors (Lipinski definition) is 0. The molecule has 0 unspecified atom stereocenters. The Balaban J connectivity index is 1.48. The molecule has 0 aliphatic carbocycles. The molecule has 1 aliphatic rings. The van der Waals surface area contributed by atoms with E-state index in [2.05, 4.69) is 0 Å². The lowest BCUT2D eigenvalue weighted by atomic mass is 10.1. The van der Waals surface area contributed by atoms with Crippen LogP contribution in [-0.4, -0.2) is 45.2 Å². The molecule has 34 heavy (non-hydrogen) atoms. The number of carbonyl (C=O) groups excluding carboxylic acids is 2. The molecule has 0 N–H and O–H groups in total. The molecule has 180 valence electrons. The van der Waals surface area contributed by atoms with Gasteiger partial charge in [-0.25, -0.2) is 13.2 Å². The van der Waals surface area contributed by atoms with E-state index >= 15 is 0 Å². The maximum absolute atomic E-state index is 12.8. The van der Waals surface area contributed by atoms with Crippen molar-refractivity contribution >= 4 is 38.4 Å². The lowest BCUT2D eigenvalue weighted by Gasteiger charge is -2.18. The van der Waals surface area contributed by atoms with E-state index in [1.54, 1.807) is 37.3 Å². The minimum atomic E-state index is -3.36. The molecule has 2 aromatic carbocycles. The van der Waals surface area contributed by atoms with Gasteiger partial charge in [-0.2, -0.15) is 0 Å². The van der Waals surface area contributed by atoms with Crippen LogP contribution in [0, 0.1) is 0 Å². The Kier molecular flexibility index (Phi) is 6.77. The molecule has 0 saturated carbocycles. The summed E-state index contributed by atoms with van der Waals surface area (Å²) in [7, 11) is -3.36. The number of esters is 1. The van der Waals surface area contributed by atoms with E-state index in [0.717, 1.165) is 10.9 Å². The second-order valence-electron chi connectivity index (χ2n) is 8.33. The van der Waals surface area contributed by atoms with Gasteiger partial charge in [-0.05, 0) is 57.0 Å². The highest BCUT2D eigenvalue weighted by Gasteiger charge is 2.29. The largest absolute Gasteiger partial charge is 0.451 e. The molecule has 0 amide bonds. The average molecular weight is 486 g/mol. The Morgan fingerprint density at radius 2 is 1.91 bits per heavy atom. The molecule has 0 spiro atoms. The van der Waals surface area contributed by atoms with Crippen LogP contribution >= 0.6 is 0 Å². The van der Waals surface area contributed by atoms with Crippen LogP contribution in [0.1, 0.15) is 52.8 Å². The van der Waals surface area contributed by atoms with Crippen molar-refractivity contribution in [3.8, 4) is 0 Å². The van der Waals surface area contributed by atoms with Crippen molar-refractivity contribution < 1.29 is 31.9 Å². The predicted molar refractivity (Wildman–Crippen MR) is 128 cm³/mol. The highest BCUT2D eigenvalue weighted by atomic mass is 32.2. The third kappa shape index (κ3) is 4.71. The molecule has 0 saturated heterocycles. The summed E-state index contributed by atoms with van der Waals surface area (Å²) >= 11 is 0. The van der Waals surface area contributed by atoms with Gasteiger partial charge in [0.15, 0.2) is 12.4 Å². The van der Waals surface area contributed by atoms with Crippen molar-refractivity contribution in [2.45, 2.75) is 39.9 Å². The molecule has 4 rings (SSSR count). The zero-order chi connectivity index (χ0) is 24.5. The predicted octanol–water partition coefficient (Wildman–Crippen LogP) is 4.11. The normalized spacial score (nSPS) is 13.5. The zero-order valence-corrected chi connectivity index (χ0v) is 20.2. The van der Waals surface area contributed by atoms with Gasteiger partial charge in [0.1, 0.15) is 5.58 Å². The monoisotopic (exact) mass is 485 g/mol. The Morgan fingerprint density at radius 1 is 1.15 bits per heavy atom. The van der Waals surface area contributed by atoms with E-state index < -0.39 is 22.6 Å². The number of sulfonamides is 1. The van der Waals surface area contributed by atoms with E-state index in [-0.39, 0.29) is 30.0 Å². The number of anilines is 1. The van der Waals surface area contributed by atoms with E-state index in [4.69, 9.17) is 13.9 Å². The van der Waals surface area contributed by atoms with Gasteiger partial charge in [-0.1, -0.05) is 18.2 Å². The second kappa shape index (κ2) is 9.60. The summed E-state index contributed by atoms with van der Waals surface area (Å²) in [5, 5.41) is 0.756. The summed E-state index contributed by atoms with van der Waals surface area (Å²) < 4.78 is 42.6. The number of furan rings is 1. The third-order valence-corrected chi connectivity index (χ3v) is 7.51. The van der Waals surface area contributed by atoms with Crippen molar-refractivity contribution in [1.29, 1.82) is 0 Å². The van der Waals surface area contributed by atoms with Crippen LogP contribution in [0.2, 0.25) is 0 Å². The fourth-order valence-electron chi connectivity index (χ4n) is 3.93.